The highest BCUT2D eigenvalue weighted by molar-refractivity contribution is 6.30. The number of rotatable bonds is 2. The third-order valence-corrected chi connectivity index (χ3v) is 4.80. The fourth-order valence-corrected chi connectivity index (χ4v) is 3.85. The summed E-state index contributed by atoms with van der Waals surface area (Å²) in [6.07, 6.45) is 1.47. The van der Waals surface area contributed by atoms with E-state index in [1.165, 1.54) is 11.3 Å². The van der Waals surface area contributed by atoms with Crippen molar-refractivity contribution < 1.29 is 9.59 Å². The summed E-state index contributed by atoms with van der Waals surface area (Å²) in [5, 5.41) is 0.595. The van der Waals surface area contributed by atoms with Crippen molar-refractivity contribution in [2.45, 2.75) is 32.7 Å². The Morgan fingerprint density at radius 2 is 1.64 bits per heavy atom. The Morgan fingerprint density at radius 1 is 1.05 bits per heavy atom. The number of anilines is 1. The van der Waals surface area contributed by atoms with Crippen LogP contribution in [0.1, 0.15) is 26.7 Å². The van der Waals surface area contributed by atoms with Crippen LogP contribution < -0.4 is 4.90 Å². The molecule has 3 rings (SSSR count). The number of hydrogen-bond donors (Lipinski definition) is 0. The molecule has 4 nitrogen and oxygen atoms in total. The SMILES string of the molecule is C[C@@H]1C[C@H](C)CN([C@@H]2CC(=O)N(c3ccc(Cl)cc3)C2=O)C1. The van der Waals surface area contributed by atoms with Gasteiger partial charge in [0, 0.05) is 18.1 Å². The van der Waals surface area contributed by atoms with Crippen molar-refractivity contribution in [3.05, 3.63) is 29.3 Å². The van der Waals surface area contributed by atoms with Crippen LogP contribution in [-0.4, -0.2) is 35.8 Å². The smallest absolute Gasteiger partial charge is 0.251 e. The molecule has 3 atom stereocenters. The second kappa shape index (κ2) is 6.01. The predicted octanol–water partition coefficient (Wildman–Crippen LogP) is 2.95. The molecule has 0 unspecified atom stereocenters. The zero-order chi connectivity index (χ0) is 15.9. The fraction of sp³-hybridized carbons (Fsp3) is 0.529. The van der Waals surface area contributed by atoms with E-state index in [9.17, 15) is 9.59 Å². The van der Waals surface area contributed by atoms with Crippen molar-refractivity contribution in [2.24, 2.45) is 11.8 Å². The molecule has 2 saturated heterocycles. The number of carbonyl (C=O) groups excluding carboxylic acids is 2. The lowest BCUT2D eigenvalue weighted by Crippen LogP contribution is -2.48. The monoisotopic (exact) mass is 320 g/mol. The highest BCUT2D eigenvalue weighted by Gasteiger charge is 2.44. The maximum atomic E-state index is 12.7. The molecule has 1 aromatic carbocycles. The van der Waals surface area contributed by atoms with Gasteiger partial charge < -0.3 is 0 Å². The van der Waals surface area contributed by atoms with E-state index in [1.807, 2.05) is 0 Å². The van der Waals surface area contributed by atoms with Gasteiger partial charge in [-0.2, -0.15) is 0 Å². The summed E-state index contributed by atoms with van der Waals surface area (Å²) in [6.45, 7) is 6.20. The van der Waals surface area contributed by atoms with Crippen LogP contribution >= 0.6 is 11.6 Å². The standard InChI is InChI=1S/C17H21ClN2O2/c1-11-7-12(2)10-19(9-11)15-8-16(21)20(17(15)22)14-5-3-13(18)4-6-14/h3-6,11-12,15H,7-10H2,1-2H3/t11-,12+,15-/m1/s1. The Kier molecular flexibility index (Phi) is 4.24. The first-order valence-corrected chi connectivity index (χ1v) is 8.20. The number of carbonyl (C=O) groups is 2. The summed E-state index contributed by atoms with van der Waals surface area (Å²) in [7, 11) is 0. The molecule has 0 radical (unpaired) electrons. The number of benzene rings is 1. The summed E-state index contributed by atoms with van der Waals surface area (Å²) in [5.74, 6) is 0.907. The van der Waals surface area contributed by atoms with Crippen LogP contribution in [0.2, 0.25) is 5.02 Å². The molecule has 2 fully saturated rings. The van der Waals surface area contributed by atoms with Gasteiger partial charge in [0.1, 0.15) is 0 Å². The fourth-order valence-electron chi connectivity index (χ4n) is 3.73. The van der Waals surface area contributed by atoms with Crippen LogP contribution in [-0.2, 0) is 9.59 Å². The molecule has 0 bridgehead atoms. The average molecular weight is 321 g/mol. The molecule has 1 aromatic rings. The van der Waals surface area contributed by atoms with Crippen LogP contribution in [0.15, 0.2) is 24.3 Å². The van der Waals surface area contributed by atoms with E-state index < -0.39 is 0 Å². The van der Waals surface area contributed by atoms with E-state index in [-0.39, 0.29) is 24.3 Å². The quantitative estimate of drug-likeness (QED) is 0.787. The second-order valence-corrected chi connectivity index (χ2v) is 7.10. The number of piperidine rings is 1. The minimum absolute atomic E-state index is 0.103. The van der Waals surface area contributed by atoms with Crippen LogP contribution in [0.4, 0.5) is 5.69 Å². The summed E-state index contributed by atoms with van der Waals surface area (Å²) in [5.41, 5.74) is 0.611. The zero-order valence-corrected chi connectivity index (χ0v) is 13.7. The summed E-state index contributed by atoms with van der Waals surface area (Å²) < 4.78 is 0. The maximum Gasteiger partial charge on any atom is 0.251 e. The Hall–Kier alpha value is -1.39. The molecule has 2 aliphatic heterocycles. The Morgan fingerprint density at radius 3 is 2.23 bits per heavy atom. The molecule has 0 N–H and O–H groups in total. The van der Waals surface area contributed by atoms with E-state index in [0.29, 0.717) is 22.5 Å². The average Bonchev–Trinajstić information content (AvgIpc) is 2.74. The van der Waals surface area contributed by atoms with Crippen LogP contribution in [0, 0.1) is 11.8 Å². The zero-order valence-electron chi connectivity index (χ0n) is 13.0. The molecule has 2 aliphatic rings. The molecule has 22 heavy (non-hydrogen) atoms. The lowest BCUT2D eigenvalue weighted by Gasteiger charge is -2.37. The minimum atomic E-state index is -0.312. The number of amides is 2. The molecular formula is C17H21ClN2O2. The molecule has 5 heteroatoms. The first-order chi connectivity index (χ1) is 10.5. The molecule has 0 spiro atoms. The number of hydrogen-bond acceptors (Lipinski definition) is 3. The van der Waals surface area contributed by atoms with Crippen molar-refractivity contribution in [1.29, 1.82) is 0 Å². The van der Waals surface area contributed by atoms with Gasteiger partial charge in [0.15, 0.2) is 0 Å². The molecular weight excluding hydrogens is 300 g/mol. The van der Waals surface area contributed by atoms with Gasteiger partial charge in [-0.25, -0.2) is 4.90 Å². The molecule has 0 saturated carbocycles. The second-order valence-electron chi connectivity index (χ2n) is 6.66. The summed E-state index contributed by atoms with van der Waals surface area (Å²) in [6, 6.07) is 6.55. The van der Waals surface area contributed by atoms with Crippen molar-refractivity contribution in [1.82, 2.24) is 4.90 Å². The largest absolute Gasteiger partial charge is 0.291 e. The van der Waals surface area contributed by atoms with E-state index in [4.69, 9.17) is 11.6 Å². The lowest BCUT2D eigenvalue weighted by molar-refractivity contribution is -0.123. The molecule has 2 heterocycles. The number of nitrogens with zero attached hydrogens (tertiary/aromatic N) is 2. The number of halogens is 1. The Bertz CT molecular complexity index is 577. The van der Waals surface area contributed by atoms with Crippen molar-refractivity contribution in [2.75, 3.05) is 18.0 Å². The van der Waals surface area contributed by atoms with Gasteiger partial charge in [0.05, 0.1) is 18.2 Å². The number of imide groups is 1. The summed E-state index contributed by atoms with van der Waals surface area (Å²) in [4.78, 5) is 28.6. The predicted molar refractivity (Wildman–Crippen MR) is 86.9 cm³/mol. The van der Waals surface area contributed by atoms with Gasteiger partial charge in [-0.15, -0.1) is 0 Å². The third kappa shape index (κ3) is 2.90. The van der Waals surface area contributed by atoms with Crippen molar-refractivity contribution >= 4 is 29.1 Å². The first-order valence-electron chi connectivity index (χ1n) is 7.82. The normalized spacial score (nSPS) is 30.1. The molecule has 2 amide bonds. The highest BCUT2D eigenvalue weighted by Crippen LogP contribution is 2.30. The van der Waals surface area contributed by atoms with Crippen LogP contribution in [0.5, 0.6) is 0 Å². The van der Waals surface area contributed by atoms with Gasteiger partial charge in [0.25, 0.3) is 5.91 Å². The van der Waals surface area contributed by atoms with Crippen molar-refractivity contribution in [3.63, 3.8) is 0 Å². The lowest BCUT2D eigenvalue weighted by atomic mass is 9.90. The van der Waals surface area contributed by atoms with Gasteiger partial charge in [-0.1, -0.05) is 25.4 Å². The van der Waals surface area contributed by atoms with Gasteiger partial charge in [-0.05, 0) is 42.5 Å². The maximum absolute atomic E-state index is 12.7. The Balaban J connectivity index is 1.80. The van der Waals surface area contributed by atoms with Crippen LogP contribution in [0.3, 0.4) is 0 Å². The number of likely N-dealkylation sites (tertiary alicyclic amines) is 1. The van der Waals surface area contributed by atoms with Gasteiger partial charge >= 0.3 is 0 Å². The minimum Gasteiger partial charge on any atom is -0.291 e. The summed E-state index contributed by atoms with van der Waals surface area (Å²) >= 11 is 5.88. The van der Waals surface area contributed by atoms with Crippen LogP contribution in [0.25, 0.3) is 0 Å². The highest BCUT2D eigenvalue weighted by atomic mass is 35.5. The first kappa shape index (κ1) is 15.5. The van der Waals surface area contributed by atoms with Gasteiger partial charge in [-0.3, -0.25) is 14.5 Å². The third-order valence-electron chi connectivity index (χ3n) is 4.55. The van der Waals surface area contributed by atoms with E-state index in [1.54, 1.807) is 24.3 Å². The topological polar surface area (TPSA) is 40.6 Å². The molecule has 118 valence electrons. The molecule has 0 aromatic heterocycles. The van der Waals surface area contributed by atoms with E-state index >= 15 is 0 Å². The van der Waals surface area contributed by atoms with Gasteiger partial charge in [0.2, 0.25) is 5.91 Å². The van der Waals surface area contributed by atoms with E-state index in [2.05, 4.69) is 18.7 Å². The Labute approximate surface area is 136 Å². The van der Waals surface area contributed by atoms with E-state index in [0.717, 1.165) is 13.1 Å². The van der Waals surface area contributed by atoms with Crippen molar-refractivity contribution in [3.8, 4) is 0 Å². The molecule has 0 aliphatic carbocycles.